The predicted octanol–water partition coefficient (Wildman–Crippen LogP) is 2.98. The van der Waals surface area contributed by atoms with Gasteiger partial charge in [0.15, 0.2) is 6.61 Å². The van der Waals surface area contributed by atoms with Crippen LogP contribution in [0.2, 0.25) is 0 Å². The number of anilines is 3. The molecule has 136 valence electrons. The highest BCUT2D eigenvalue weighted by molar-refractivity contribution is 5.91. The lowest BCUT2D eigenvalue weighted by Gasteiger charge is -2.09. The minimum Gasteiger partial charge on any atom is -0.467 e. The quantitative estimate of drug-likeness (QED) is 0.683. The van der Waals surface area contributed by atoms with Gasteiger partial charge in [-0.3, -0.25) is 4.79 Å². The second-order valence-electron chi connectivity index (χ2n) is 5.56. The number of nitrogens with zero attached hydrogens (tertiary/aromatic N) is 4. The summed E-state index contributed by atoms with van der Waals surface area (Å²) >= 11 is 0. The van der Waals surface area contributed by atoms with Crippen LogP contribution in [0.5, 0.6) is 5.88 Å². The summed E-state index contributed by atoms with van der Waals surface area (Å²) < 4.78 is 5.40. The number of hydrogen-bond donors (Lipinski definition) is 2. The number of hydrogen-bond acceptors (Lipinski definition) is 7. The molecule has 0 aliphatic rings. The second-order valence-corrected chi connectivity index (χ2v) is 5.56. The Morgan fingerprint density at radius 3 is 2.14 bits per heavy atom. The summed E-state index contributed by atoms with van der Waals surface area (Å²) in [7, 11) is 0. The van der Waals surface area contributed by atoms with Gasteiger partial charge in [-0.05, 0) is 48.5 Å². The highest BCUT2D eigenvalue weighted by Crippen LogP contribution is 2.16. The van der Waals surface area contributed by atoms with Crippen LogP contribution in [-0.2, 0) is 4.79 Å². The summed E-state index contributed by atoms with van der Waals surface area (Å²) in [5.74, 6) is 0.181. The third kappa shape index (κ3) is 5.04. The topological polar surface area (TPSA) is 124 Å². The molecule has 0 radical (unpaired) electrons. The molecule has 0 unspecified atom stereocenters. The van der Waals surface area contributed by atoms with E-state index in [0.717, 1.165) is 5.69 Å². The highest BCUT2D eigenvalue weighted by Gasteiger charge is 2.06. The average molecular weight is 370 g/mol. The van der Waals surface area contributed by atoms with E-state index in [0.29, 0.717) is 22.8 Å². The minimum absolute atomic E-state index is 0.229. The number of carbonyl (C=O) groups is 1. The fraction of sp³-hybridized carbons (Fsp3) is 0.0500. The molecule has 8 nitrogen and oxygen atoms in total. The number of nitrogens with one attached hydrogen (secondary N) is 2. The average Bonchev–Trinajstić information content (AvgIpc) is 2.74. The third-order valence-corrected chi connectivity index (χ3v) is 3.55. The Morgan fingerprint density at radius 2 is 1.54 bits per heavy atom. The van der Waals surface area contributed by atoms with Crippen molar-refractivity contribution in [2.24, 2.45) is 0 Å². The molecule has 1 amide bonds. The van der Waals surface area contributed by atoms with E-state index in [1.807, 2.05) is 12.1 Å². The van der Waals surface area contributed by atoms with Gasteiger partial charge in [0, 0.05) is 23.6 Å². The summed E-state index contributed by atoms with van der Waals surface area (Å²) in [5, 5.41) is 23.3. The maximum absolute atomic E-state index is 12.0. The van der Waals surface area contributed by atoms with Gasteiger partial charge >= 0.3 is 0 Å². The molecule has 0 bridgehead atoms. The molecule has 1 aromatic heterocycles. The maximum atomic E-state index is 12.0. The zero-order valence-electron chi connectivity index (χ0n) is 14.6. The smallest absolute Gasteiger partial charge is 0.262 e. The first-order valence-corrected chi connectivity index (χ1v) is 8.19. The normalized spacial score (nSPS) is 9.64. The van der Waals surface area contributed by atoms with Gasteiger partial charge in [-0.1, -0.05) is 0 Å². The summed E-state index contributed by atoms with van der Waals surface area (Å²) in [6.07, 6.45) is 1.51. The van der Waals surface area contributed by atoms with Gasteiger partial charge in [0.2, 0.25) is 11.8 Å². The molecular formula is C20H14N6O2. The first-order valence-electron chi connectivity index (χ1n) is 8.19. The van der Waals surface area contributed by atoms with Crippen LogP contribution in [-0.4, -0.2) is 22.5 Å². The molecule has 0 aliphatic carbocycles. The van der Waals surface area contributed by atoms with Crippen LogP contribution in [0.25, 0.3) is 0 Å². The molecule has 0 atom stereocenters. The van der Waals surface area contributed by atoms with Crippen molar-refractivity contribution < 1.29 is 9.53 Å². The molecule has 1 heterocycles. The van der Waals surface area contributed by atoms with Crippen LogP contribution in [0.15, 0.2) is 60.8 Å². The Labute approximate surface area is 161 Å². The van der Waals surface area contributed by atoms with Crippen LogP contribution < -0.4 is 15.4 Å². The van der Waals surface area contributed by atoms with Gasteiger partial charge in [0.1, 0.15) is 0 Å². The van der Waals surface area contributed by atoms with Crippen molar-refractivity contribution in [3.05, 3.63) is 71.9 Å². The third-order valence-electron chi connectivity index (χ3n) is 3.55. The molecule has 0 saturated carbocycles. The van der Waals surface area contributed by atoms with Crippen LogP contribution in [0, 0.1) is 22.7 Å². The monoisotopic (exact) mass is 370 g/mol. The maximum Gasteiger partial charge on any atom is 0.262 e. The van der Waals surface area contributed by atoms with Crippen molar-refractivity contribution in [1.82, 2.24) is 9.97 Å². The molecule has 8 heteroatoms. The van der Waals surface area contributed by atoms with Gasteiger partial charge in [-0.15, -0.1) is 0 Å². The zero-order valence-corrected chi connectivity index (χ0v) is 14.6. The van der Waals surface area contributed by atoms with Crippen LogP contribution in [0.4, 0.5) is 17.3 Å². The Kier molecular flexibility index (Phi) is 5.76. The Morgan fingerprint density at radius 1 is 0.929 bits per heavy atom. The van der Waals surface area contributed by atoms with Gasteiger partial charge < -0.3 is 15.4 Å². The first kappa shape index (κ1) is 18.4. The molecule has 3 aromatic rings. The van der Waals surface area contributed by atoms with Crippen LogP contribution >= 0.6 is 0 Å². The van der Waals surface area contributed by atoms with Crippen molar-refractivity contribution in [1.29, 1.82) is 10.5 Å². The van der Waals surface area contributed by atoms with E-state index in [9.17, 15) is 4.79 Å². The van der Waals surface area contributed by atoms with E-state index < -0.39 is 0 Å². The largest absolute Gasteiger partial charge is 0.467 e. The molecule has 0 fully saturated rings. The van der Waals surface area contributed by atoms with Crippen molar-refractivity contribution >= 4 is 23.2 Å². The number of carbonyl (C=O) groups excluding carboxylic acids is 1. The van der Waals surface area contributed by atoms with Crippen molar-refractivity contribution in [2.45, 2.75) is 0 Å². The fourth-order valence-corrected chi connectivity index (χ4v) is 2.20. The van der Waals surface area contributed by atoms with Crippen molar-refractivity contribution in [3.63, 3.8) is 0 Å². The SMILES string of the molecule is N#Cc1ccc(NC(=O)COc2ccnc(Nc3ccc(C#N)cc3)n2)cc1. The second kappa shape index (κ2) is 8.79. The van der Waals surface area contributed by atoms with Gasteiger partial charge in [-0.2, -0.15) is 15.5 Å². The minimum atomic E-state index is -0.357. The lowest BCUT2D eigenvalue weighted by Crippen LogP contribution is -2.20. The molecule has 0 saturated heterocycles. The Hall–Kier alpha value is -4.43. The van der Waals surface area contributed by atoms with E-state index in [4.69, 9.17) is 15.3 Å². The molecule has 3 rings (SSSR count). The Bertz CT molecular complexity index is 1050. The number of nitriles is 2. The van der Waals surface area contributed by atoms with E-state index in [2.05, 4.69) is 20.6 Å². The van der Waals surface area contributed by atoms with Gasteiger partial charge in [-0.25, -0.2) is 4.98 Å². The summed E-state index contributed by atoms with van der Waals surface area (Å²) in [5.41, 5.74) is 2.35. The van der Waals surface area contributed by atoms with E-state index in [-0.39, 0.29) is 18.4 Å². The highest BCUT2D eigenvalue weighted by atomic mass is 16.5. The lowest BCUT2D eigenvalue weighted by molar-refractivity contribution is -0.118. The Balaban J connectivity index is 1.55. The number of aromatic nitrogens is 2. The van der Waals surface area contributed by atoms with E-state index in [1.165, 1.54) is 6.20 Å². The number of benzene rings is 2. The molecule has 28 heavy (non-hydrogen) atoms. The molecule has 0 spiro atoms. The number of ether oxygens (including phenoxy) is 1. The molecule has 2 aromatic carbocycles. The number of rotatable bonds is 6. The predicted molar refractivity (Wildman–Crippen MR) is 102 cm³/mol. The molecule has 0 aliphatic heterocycles. The van der Waals surface area contributed by atoms with E-state index in [1.54, 1.807) is 54.6 Å². The standard InChI is InChI=1S/C20H14N6O2/c21-11-14-1-5-16(6-2-14)24-18(27)13-28-19-9-10-23-20(26-19)25-17-7-3-15(12-22)4-8-17/h1-10H,13H2,(H,24,27)(H,23,25,26). The molecular weight excluding hydrogens is 356 g/mol. The van der Waals surface area contributed by atoms with E-state index >= 15 is 0 Å². The van der Waals surface area contributed by atoms with Crippen LogP contribution in [0.3, 0.4) is 0 Å². The number of amides is 1. The summed E-state index contributed by atoms with van der Waals surface area (Å²) in [6.45, 7) is -0.229. The lowest BCUT2D eigenvalue weighted by atomic mass is 10.2. The first-order chi connectivity index (χ1) is 13.7. The van der Waals surface area contributed by atoms with Crippen molar-refractivity contribution in [2.75, 3.05) is 17.2 Å². The van der Waals surface area contributed by atoms with Crippen molar-refractivity contribution in [3.8, 4) is 18.0 Å². The van der Waals surface area contributed by atoms with Gasteiger partial charge in [0.25, 0.3) is 5.91 Å². The zero-order chi connectivity index (χ0) is 19.8. The fourth-order valence-electron chi connectivity index (χ4n) is 2.20. The summed E-state index contributed by atoms with van der Waals surface area (Å²) in [6, 6.07) is 18.9. The summed E-state index contributed by atoms with van der Waals surface area (Å²) in [4.78, 5) is 20.3. The molecule has 2 N–H and O–H groups in total. The van der Waals surface area contributed by atoms with Crippen LogP contribution in [0.1, 0.15) is 11.1 Å². The van der Waals surface area contributed by atoms with Gasteiger partial charge in [0.05, 0.1) is 23.3 Å².